The Hall–Kier alpha value is -3.96. The average Bonchev–Trinajstić information content (AvgIpc) is 3.25. The molecule has 0 aliphatic heterocycles. The number of H-pyrrole nitrogens is 1. The Kier molecular flexibility index (Phi) is 5.40. The molecule has 0 unspecified atom stereocenters. The molecular formula is C27H24N4O. The number of hydrogen-bond acceptors (Lipinski definition) is 3. The maximum absolute atomic E-state index is 13.6. The Bertz CT molecular complexity index is 1380. The first kappa shape index (κ1) is 20.0. The van der Waals surface area contributed by atoms with E-state index in [0.717, 1.165) is 38.5 Å². The van der Waals surface area contributed by atoms with Gasteiger partial charge in [0.15, 0.2) is 0 Å². The summed E-state index contributed by atoms with van der Waals surface area (Å²) in [5.74, 6) is -0.130. The number of rotatable bonds is 6. The fourth-order valence-corrected chi connectivity index (χ4v) is 4.24. The predicted molar refractivity (Wildman–Crippen MR) is 129 cm³/mol. The van der Waals surface area contributed by atoms with E-state index in [2.05, 4.69) is 27.4 Å². The molecule has 32 heavy (non-hydrogen) atoms. The zero-order chi connectivity index (χ0) is 21.9. The molecule has 0 bridgehead atoms. The molecule has 1 atom stereocenters. The number of aromatic amines is 1. The van der Waals surface area contributed by atoms with Crippen molar-refractivity contribution >= 4 is 27.6 Å². The third kappa shape index (κ3) is 3.74. The van der Waals surface area contributed by atoms with Gasteiger partial charge in [0.05, 0.1) is 16.8 Å². The van der Waals surface area contributed by atoms with Crippen LogP contribution in [0.2, 0.25) is 0 Å². The number of fused-ring (bicyclic) bond motifs is 3. The molecule has 1 amide bonds. The van der Waals surface area contributed by atoms with Gasteiger partial charge in [0, 0.05) is 41.1 Å². The molecule has 0 saturated carbocycles. The van der Waals surface area contributed by atoms with E-state index in [9.17, 15) is 4.79 Å². The van der Waals surface area contributed by atoms with Gasteiger partial charge in [-0.2, -0.15) is 0 Å². The predicted octanol–water partition coefficient (Wildman–Crippen LogP) is 4.68. The summed E-state index contributed by atoms with van der Waals surface area (Å²) in [5.41, 5.74) is 10.5. The second-order valence-corrected chi connectivity index (χ2v) is 7.92. The van der Waals surface area contributed by atoms with Crippen molar-refractivity contribution < 1.29 is 4.79 Å². The zero-order valence-corrected chi connectivity index (χ0v) is 17.6. The summed E-state index contributed by atoms with van der Waals surface area (Å²) in [6.07, 6.45) is 4.29. The Labute approximate surface area is 186 Å². The van der Waals surface area contributed by atoms with Crippen molar-refractivity contribution in [3.63, 3.8) is 0 Å². The van der Waals surface area contributed by atoms with Crippen molar-refractivity contribution in [3.8, 4) is 11.3 Å². The lowest BCUT2D eigenvalue weighted by molar-refractivity contribution is 0.0940. The molecule has 5 aromatic rings. The Morgan fingerprint density at radius 1 is 0.938 bits per heavy atom. The van der Waals surface area contributed by atoms with Crippen LogP contribution in [0.25, 0.3) is 32.9 Å². The van der Waals surface area contributed by atoms with Crippen LogP contribution in [0.5, 0.6) is 0 Å². The minimum absolute atomic E-state index is 0.130. The Morgan fingerprint density at radius 3 is 2.44 bits per heavy atom. The summed E-state index contributed by atoms with van der Waals surface area (Å²) < 4.78 is 0. The van der Waals surface area contributed by atoms with Crippen LogP contribution < -0.4 is 11.1 Å². The smallest absolute Gasteiger partial charge is 0.254 e. The molecule has 5 nitrogen and oxygen atoms in total. The summed E-state index contributed by atoms with van der Waals surface area (Å²) in [6, 6.07) is 25.8. The number of benzene rings is 3. The lowest BCUT2D eigenvalue weighted by Crippen LogP contribution is -2.41. The molecule has 5 rings (SSSR count). The van der Waals surface area contributed by atoms with Crippen molar-refractivity contribution in [1.82, 2.24) is 15.3 Å². The number of pyridine rings is 1. The Morgan fingerprint density at radius 2 is 1.69 bits per heavy atom. The van der Waals surface area contributed by atoms with Gasteiger partial charge in [0.1, 0.15) is 0 Å². The lowest BCUT2D eigenvalue weighted by atomic mass is 10.0. The van der Waals surface area contributed by atoms with Crippen molar-refractivity contribution in [2.45, 2.75) is 12.5 Å². The van der Waals surface area contributed by atoms with Crippen LogP contribution in [-0.4, -0.2) is 28.5 Å². The number of nitrogens with one attached hydrogen (secondary N) is 2. The minimum Gasteiger partial charge on any atom is -0.353 e. The zero-order valence-electron chi connectivity index (χ0n) is 17.6. The highest BCUT2D eigenvalue weighted by molar-refractivity contribution is 6.18. The maximum atomic E-state index is 13.6. The first-order valence-corrected chi connectivity index (χ1v) is 10.7. The number of hydrogen-bond donors (Lipinski definition) is 3. The molecule has 0 radical (unpaired) electrons. The monoisotopic (exact) mass is 420 g/mol. The van der Waals surface area contributed by atoms with Gasteiger partial charge in [-0.15, -0.1) is 0 Å². The van der Waals surface area contributed by atoms with E-state index in [1.54, 1.807) is 6.20 Å². The van der Waals surface area contributed by atoms with Crippen LogP contribution in [0.15, 0.2) is 91.3 Å². The lowest BCUT2D eigenvalue weighted by Gasteiger charge is -2.17. The number of nitrogens with zero attached hydrogens (tertiary/aromatic N) is 1. The van der Waals surface area contributed by atoms with E-state index in [1.807, 2.05) is 72.9 Å². The third-order valence-electron chi connectivity index (χ3n) is 5.82. The van der Waals surface area contributed by atoms with Gasteiger partial charge < -0.3 is 16.0 Å². The molecular weight excluding hydrogens is 396 g/mol. The first-order valence-electron chi connectivity index (χ1n) is 10.7. The number of nitrogens with two attached hydrogens (primary N) is 1. The largest absolute Gasteiger partial charge is 0.353 e. The van der Waals surface area contributed by atoms with Crippen molar-refractivity contribution in [2.24, 2.45) is 5.73 Å². The van der Waals surface area contributed by atoms with Crippen LogP contribution in [0.1, 0.15) is 15.9 Å². The van der Waals surface area contributed by atoms with Crippen LogP contribution in [0, 0.1) is 0 Å². The van der Waals surface area contributed by atoms with E-state index < -0.39 is 0 Å². The summed E-state index contributed by atoms with van der Waals surface area (Å²) in [6.45, 7) is 0.359. The maximum Gasteiger partial charge on any atom is 0.254 e. The SMILES string of the molecule is NC[C@H](Cc1ccccc1)NC(=O)c1c(-c2ccccc2)[nH]c2c1ccc1cnccc12. The van der Waals surface area contributed by atoms with Crippen molar-refractivity contribution in [2.75, 3.05) is 6.54 Å². The van der Waals surface area contributed by atoms with Crippen molar-refractivity contribution in [1.29, 1.82) is 0 Å². The average molecular weight is 421 g/mol. The number of aromatic nitrogens is 2. The van der Waals surface area contributed by atoms with E-state index in [4.69, 9.17) is 5.73 Å². The van der Waals surface area contributed by atoms with Gasteiger partial charge in [0.25, 0.3) is 5.91 Å². The molecule has 4 N–H and O–H groups in total. The van der Waals surface area contributed by atoms with Gasteiger partial charge >= 0.3 is 0 Å². The highest BCUT2D eigenvalue weighted by Gasteiger charge is 2.23. The minimum atomic E-state index is -0.164. The number of carbonyl (C=O) groups excluding carboxylic acids is 1. The van der Waals surface area contributed by atoms with Gasteiger partial charge in [-0.05, 0) is 23.6 Å². The number of carbonyl (C=O) groups is 1. The molecule has 2 heterocycles. The highest BCUT2D eigenvalue weighted by atomic mass is 16.1. The first-order chi connectivity index (χ1) is 15.7. The van der Waals surface area contributed by atoms with Gasteiger partial charge in [0.2, 0.25) is 0 Å². The topological polar surface area (TPSA) is 83.8 Å². The summed E-state index contributed by atoms with van der Waals surface area (Å²) in [7, 11) is 0. The summed E-state index contributed by atoms with van der Waals surface area (Å²) >= 11 is 0. The molecule has 0 spiro atoms. The van der Waals surface area contributed by atoms with Crippen LogP contribution >= 0.6 is 0 Å². The van der Waals surface area contributed by atoms with E-state index in [1.165, 1.54) is 0 Å². The van der Waals surface area contributed by atoms with Gasteiger partial charge in [-0.1, -0.05) is 72.8 Å². The molecule has 0 aliphatic rings. The normalized spacial score (nSPS) is 12.2. The second kappa shape index (κ2) is 8.65. The fourth-order valence-electron chi connectivity index (χ4n) is 4.24. The molecule has 2 aromatic heterocycles. The summed E-state index contributed by atoms with van der Waals surface area (Å²) in [5, 5.41) is 6.12. The van der Waals surface area contributed by atoms with Gasteiger partial charge in [-0.25, -0.2) is 0 Å². The molecule has 3 aromatic carbocycles. The van der Waals surface area contributed by atoms with E-state index in [0.29, 0.717) is 18.5 Å². The third-order valence-corrected chi connectivity index (χ3v) is 5.82. The Balaban J connectivity index is 1.59. The molecule has 0 aliphatic carbocycles. The molecule has 0 fully saturated rings. The fraction of sp³-hybridized carbons (Fsp3) is 0.111. The van der Waals surface area contributed by atoms with Crippen molar-refractivity contribution in [3.05, 3.63) is 102 Å². The molecule has 0 saturated heterocycles. The summed E-state index contributed by atoms with van der Waals surface area (Å²) in [4.78, 5) is 21.4. The second-order valence-electron chi connectivity index (χ2n) is 7.92. The van der Waals surface area contributed by atoms with E-state index in [-0.39, 0.29) is 11.9 Å². The van der Waals surface area contributed by atoms with Crippen LogP contribution in [0.4, 0.5) is 0 Å². The standard InChI is InChI=1S/C27H24N4O/c28-16-21(15-18-7-3-1-4-8-18)30-27(32)24-23-12-11-20-17-29-14-13-22(20)26(23)31-25(24)19-9-5-2-6-10-19/h1-14,17,21,31H,15-16,28H2,(H,30,32)/t21-/m0/s1. The van der Waals surface area contributed by atoms with Crippen LogP contribution in [-0.2, 0) is 6.42 Å². The highest BCUT2D eigenvalue weighted by Crippen LogP contribution is 2.34. The van der Waals surface area contributed by atoms with Gasteiger partial charge in [-0.3, -0.25) is 9.78 Å². The molecule has 5 heteroatoms. The number of amides is 1. The quantitative estimate of drug-likeness (QED) is 0.373. The van der Waals surface area contributed by atoms with E-state index >= 15 is 0 Å². The molecule has 158 valence electrons. The van der Waals surface area contributed by atoms with Crippen LogP contribution in [0.3, 0.4) is 0 Å².